The molecule has 78 valence electrons. The first-order valence-corrected chi connectivity index (χ1v) is 5.41. The van der Waals surface area contributed by atoms with Crippen molar-refractivity contribution in [3.63, 3.8) is 0 Å². The Bertz CT molecular complexity index is 260. The third-order valence-corrected chi connectivity index (χ3v) is 2.10. The first kappa shape index (κ1) is 9.57. The predicted molar refractivity (Wildman–Crippen MR) is 60.7 cm³/mol. The number of hydrogen-bond acceptors (Lipinski definition) is 1. The third kappa shape index (κ3) is 3.82. The minimum absolute atomic E-state index is 0.0300. The summed E-state index contributed by atoms with van der Waals surface area (Å²) in [7, 11) is 0. The standard InChI is InChI=1S/C13H20O/c1-3-8-12(9-4-2)14-13-10-6-5-7-11-13/h5-7,10-12H,3-4,8-9H2,1-2H3/i8D. The van der Waals surface area contributed by atoms with Crippen LogP contribution in [0, 0.1) is 0 Å². The Morgan fingerprint density at radius 1 is 1.21 bits per heavy atom. The lowest BCUT2D eigenvalue weighted by molar-refractivity contribution is 0.179. The second-order valence-corrected chi connectivity index (χ2v) is 3.40. The number of rotatable bonds is 6. The minimum Gasteiger partial charge on any atom is -0.490 e. The van der Waals surface area contributed by atoms with Crippen LogP contribution in [-0.4, -0.2) is 6.10 Å². The molecule has 0 spiro atoms. The van der Waals surface area contributed by atoms with Gasteiger partial charge in [0.1, 0.15) is 5.75 Å². The molecular formula is C13H20O. The number of ether oxygens (including phenoxy) is 1. The van der Waals surface area contributed by atoms with E-state index in [1.165, 1.54) is 0 Å². The van der Waals surface area contributed by atoms with Crippen LogP contribution in [0.4, 0.5) is 0 Å². The molecule has 2 unspecified atom stereocenters. The summed E-state index contributed by atoms with van der Waals surface area (Å²) in [6.07, 6.45) is 2.77. The Morgan fingerprint density at radius 3 is 2.50 bits per heavy atom. The quantitative estimate of drug-likeness (QED) is 0.662. The van der Waals surface area contributed by atoms with Crippen molar-refractivity contribution in [2.75, 3.05) is 0 Å². The maximum absolute atomic E-state index is 7.91. The van der Waals surface area contributed by atoms with E-state index < -0.39 is 0 Å². The Balaban J connectivity index is 2.58. The zero-order valence-electron chi connectivity index (χ0n) is 10.1. The Morgan fingerprint density at radius 2 is 1.93 bits per heavy atom. The summed E-state index contributed by atoms with van der Waals surface area (Å²) in [6, 6.07) is 9.79. The van der Waals surface area contributed by atoms with E-state index in [0.717, 1.165) is 25.0 Å². The van der Waals surface area contributed by atoms with Gasteiger partial charge >= 0.3 is 0 Å². The molecule has 1 rings (SSSR count). The Labute approximate surface area is 88.5 Å². The van der Waals surface area contributed by atoms with Crippen molar-refractivity contribution >= 4 is 0 Å². The molecule has 1 nitrogen and oxygen atoms in total. The summed E-state index contributed by atoms with van der Waals surface area (Å²) in [5, 5.41) is 0. The number of hydrogen-bond donors (Lipinski definition) is 0. The van der Waals surface area contributed by atoms with Crippen LogP contribution < -0.4 is 4.74 Å². The highest BCUT2D eigenvalue weighted by Gasteiger charge is 2.07. The van der Waals surface area contributed by atoms with Gasteiger partial charge in [0.15, 0.2) is 0 Å². The molecule has 0 amide bonds. The lowest BCUT2D eigenvalue weighted by Crippen LogP contribution is -2.15. The zero-order chi connectivity index (χ0) is 11.1. The van der Waals surface area contributed by atoms with Crippen LogP contribution in [0.15, 0.2) is 30.3 Å². The molecule has 2 atom stereocenters. The normalized spacial score (nSPS) is 15.7. The highest BCUT2D eigenvalue weighted by molar-refractivity contribution is 5.21. The lowest BCUT2D eigenvalue weighted by Gasteiger charge is -2.17. The van der Waals surface area contributed by atoms with Crippen molar-refractivity contribution in [1.29, 1.82) is 0 Å². The van der Waals surface area contributed by atoms with Crippen molar-refractivity contribution < 1.29 is 6.11 Å². The molecule has 0 aromatic heterocycles. The van der Waals surface area contributed by atoms with E-state index in [1.807, 2.05) is 37.3 Å². The van der Waals surface area contributed by atoms with Gasteiger partial charge in [-0.05, 0) is 25.0 Å². The van der Waals surface area contributed by atoms with Gasteiger partial charge in [-0.25, -0.2) is 0 Å². The summed E-state index contributed by atoms with van der Waals surface area (Å²) >= 11 is 0. The van der Waals surface area contributed by atoms with Crippen LogP contribution in [0.5, 0.6) is 5.75 Å². The van der Waals surface area contributed by atoms with Crippen molar-refractivity contribution in [3.8, 4) is 5.75 Å². The number of benzene rings is 1. The molecule has 0 N–H and O–H groups in total. The third-order valence-electron chi connectivity index (χ3n) is 2.10. The maximum atomic E-state index is 7.91. The van der Waals surface area contributed by atoms with E-state index >= 15 is 0 Å². The molecule has 14 heavy (non-hydrogen) atoms. The highest BCUT2D eigenvalue weighted by Crippen LogP contribution is 2.16. The van der Waals surface area contributed by atoms with Gasteiger partial charge in [-0.1, -0.05) is 44.9 Å². The van der Waals surface area contributed by atoms with Crippen LogP contribution in [0.3, 0.4) is 0 Å². The van der Waals surface area contributed by atoms with Gasteiger partial charge in [-0.3, -0.25) is 0 Å². The Hall–Kier alpha value is -0.980. The van der Waals surface area contributed by atoms with Crippen LogP contribution >= 0.6 is 0 Å². The van der Waals surface area contributed by atoms with E-state index in [-0.39, 0.29) is 12.5 Å². The van der Waals surface area contributed by atoms with E-state index in [0.29, 0.717) is 0 Å². The topological polar surface area (TPSA) is 9.23 Å². The molecule has 1 heteroatoms. The van der Waals surface area contributed by atoms with E-state index in [4.69, 9.17) is 6.11 Å². The summed E-state index contributed by atoms with van der Waals surface area (Å²) in [4.78, 5) is 0. The van der Waals surface area contributed by atoms with E-state index in [9.17, 15) is 0 Å². The van der Waals surface area contributed by atoms with Gasteiger partial charge in [0.05, 0.1) is 6.10 Å². The molecular weight excluding hydrogens is 172 g/mol. The summed E-state index contributed by atoms with van der Waals surface area (Å²) in [5.41, 5.74) is 0. The second-order valence-electron chi connectivity index (χ2n) is 3.40. The van der Waals surface area contributed by atoms with E-state index in [1.54, 1.807) is 0 Å². The first-order chi connectivity index (χ1) is 7.27. The van der Waals surface area contributed by atoms with Crippen LogP contribution in [-0.2, 0) is 0 Å². The van der Waals surface area contributed by atoms with Crippen LogP contribution in [0.1, 0.15) is 40.9 Å². The van der Waals surface area contributed by atoms with Gasteiger partial charge in [0, 0.05) is 1.37 Å². The summed E-state index contributed by atoms with van der Waals surface area (Å²) in [5.74, 6) is 0.877. The molecule has 0 saturated heterocycles. The predicted octanol–water partition coefficient (Wildman–Crippen LogP) is 4.03. The summed E-state index contributed by atoms with van der Waals surface area (Å²) < 4.78 is 13.7. The van der Waals surface area contributed by atoms with Gasteiger partial charge < -0.3 is 4.74 Å². The van der Waals surface area contributed by atoms with Gasteiger partial charge in [-0.2, -0.15) is 0 Å². The first-order valence-electron chi connectivity index (χ1n) is 5.99. The Kier molecular flexibility index (Phi) is 4.42. The molecule has 0 aliphatic carbocycles. The SMILES string of the molecule is [2H]C(CC)C(CCC)Oc1ccccc1. The average Bonchev–Trinajstić information content (AvgIpc) is 2.29. The molecule has 0 radical (unpaired) electrons. The lowest BCUT2D eigenvalue weighted by atomic mass is 10.1. The smallest absolute Gasteiger partial charge is 0.119 e. The van der Waals surface area contributed by atoms with Gasteiger partial charge in [0.2, 0.25) is 0 Å². The van der Waals surface area contributed by atoms with Gasteiger partial charge in [0.25, 0.3) is 0 Å². The fraction of sp³-hybridized carbons (Fsp3) is 0.538. The number of para-hydroxylation sites is 1. The van der Waals surface area contributed by atoms with Crippen LogP contribution in [0.25, 0.3) is 0 Å². The highest BCUT2D eigenvalue weighted by atomic mass is 16.5. The van der Waals surface area contributed by atoms with Crippen molar-refractivity contribution in [2.24, 2.45) is 0 Å². The molecule has 1 aromatic rings. The van der Waals surface area contributed by atoms with Crippen molar-refractivity contribution in [3.05, 3.63) is 30.3 Å². The maximum Gasteiger partial charge on any atom is 0.119 e. The molecule has 0 bridgehead atoms. The molecule has 0 heterocycles. The average molecular weight is 193 g/mol. The molecule has 0 aliphatic rings. The summed E-state index contributed by atoms with van der Waals surface area (Å²) in [6.45, 7) is 4.17. The molecule has 0 aliphatic heterocycles. The fourth-order valence-electron chi connectivity index (χ4n) is 1.45. The van der Waals surface area contributed by atoms with Gasteiger partial charge in [-0.15, -0.1) is 0 Å². The molecule has 0 fully saturated rings. The van der Waals surface area contributed by atoms with E-state index in [2.05, 4.69) is 6.92 Å². The van der Waals surface area contributed by atoms with Crippen molar-refractivity contribution in [2.45, 2.75) is 45.6 Å². The van der Waals surface area contributed by atoms with Crippen LogP contribution in [0.2, 0.25) is 0 Å². The second kappa shape index (κ2) is 6.47. The monoisotopic (exact) mass is 193 g/mol. The largest absolute Gasteiger partial charge is 0.490 e. The zero-order valence-corrected chi connectivity index (χ0v) is 9.07. The minimum atomic E-state index is -0.120. The van der Waals surface area contributed by atoms with Crippen molar-refractivity contribution in [1.82, 2.24) is 0 Å². The fourth-order valence-corrected chi connectivity index (χ4v) is 1.45. The molecule has 0 saturated carbocycles. The molecule has 1 aromatic carbocycles.